The molecule has 2 aromatic carbocycles. The highest BCUT2D eigenvalue weighted by Crippen LogP contribution is 2.21. The van der Waals surface area contributed by atoms with E-state index in [4.69, 9.17) is 11.6 Å². The fourth-order valence-electron chi connectivity index (χ4n) is 2.82. The Hall–Kier alpha value is -2.22. The van der Waals surface area contributed by atoms with Crippen LogP contribution >= 0.6 is 11.6 Å². The fourth-order valence-corrected chi connectivity index (χ4v) is 4.50. The first-order valence-corrected chi connectivity index (χ1v) is 10.2. The van der Waals surface area contributed by atoms with Crippen molar-refractivity contribution in [1.82, 2.24) is 9.21 Å². The monoisotopic (exact) mass is 408 g/mol. The van der Waals surface area contributed by atoms with E-state index in [1.165, 1.54) is 28.6 Å². The van der Waals surface area contributed by atoms with Gasteiger partial charge in [-0.05, 0) is 29.8 Å². The summed E-state index contributed by atoms with van der Waals surface area (Å²) in [5.41, 5.74) is 0.730. The molecule has 3 rings (SSSR count). The lowest BCUT2D eigenvalue weighted by atomic mass is 10.2. The quantitative estimate of drug-likeness (QED) is 0.731. The van der Waals surface area contributed by atoms with Crippen LogP contribution in [0.5, 0.6) is 0 Å². The summed E-state index contributed by atoms with van der Waals surface area (Å²) in [7, 11) is -3.92. The Bertz CT molecular complexity index is 970. The summed E-state index contributed by atoms with van der Waals surface area (Å²) >= 11 is 6.05. The second-order valence-corrected chi connectivity index (χ2v) is 8.33. The number of hydrogen-bond donors (Lipinski definition) is 0. The first-order chi connectivity index (χ1) is 12.9. The molecule has 2 aromatic rings. The maximum Gasteiger partial charge on any atom is 0.246 e. The Morgan fingerprint density at radius 1 is 1.00 bits per heavy atom. The molecule has 1 amide bonds. The minimum Gasteiger partial charge on any atom is -0.337 e. The van der Waals surface area contributed by atoms with Crippen molar-refractivity contribution in [3.8, 4) is 0 Å². The van der Waals surface area contributed by atoms with Gasteiger partial charge in [0.25, 0.3) is 0 Å². The summed E-state index contributed by atoms with van der Waals surface area (Å²) in [5.74, 6) is -1.00. The smallest absolute Gasteiger partial charge is 0.246 e. The molecule has 0 N–H and O–H groups in total. The third-order valence-corrected chi connectivity index (χ3v) is 6.59. The van der Waals surface area contributed by atoms with E-state index >= 15 is 0 Å². The number of carbonyl (C=O) groups excluding carboxylic acids is 1. The number of sulfonamides is 1. The van der Waals surface area contributed by atoms with Gasteiger partial charge in [0.15, 0.2) is 0 Å². The van der Waals surface area contributed by atoms with Crippen molar-refractivity contribution in [2.45, 2.75) is 4.90 Å². The zero-order valence-electron chi connectivity index (χ0n) is 14.4. The molecule has 1 saturated heterocycles. The minimum absolute atomic E-state index is 0.113. The second kappa shape index (κ2) is 8.21. The van der Waals surface area contributed by atoms with Gasteiger partial charge in [-0.1, -0.05) is 41.9 Å². The van der Waals surface area contributed by atoms with Crippen LogP contribution in [0.2, 0.25) is 5.02 Å². The zero-order chi connectivity index (χ0) is 19.4. The summed E-state index contributed by atoms with van der Waals surface area (Å²) in [5, 5.41) is 0.544. The van der Waals surface area contributed by atoms with Gasteiger partial charge in [-0.2, -0.15) is 4.31 Å². The van der Waals surface area contributed by atoms with Crippen LogP contribution in [-0.2, 0) is 14.8 Å². The number of halogens is 2. The number of carbonyl (C=O) groups is 1. The Kier molecular flexibility index (Phi) is 5.94. The minimum atomic E-state index is -3.92. The normalized spacial score (nSPS) is 16.0. The Balaban J connectivity index is 1.64. The molecule has 0 aromatic heterocycles. The van der Waals surface area contributed by atoms with E-state index in [1.807, 2.05) is 6.07 Å². The van der Waals surface area contributed by atoms with Crippen LogP contribution in [0.15, 0.2) is 59.5 Å². The van der Waals surface area contributed by atoms with Crippen LogP contribution < -0.4 is 0 Å². The standard InChI is InChI=1S/C19H18ClFN2O3S/c20-16-6-2-1-5-15(16)9-10-19(24)22-11-13-23(14-12-22)27(25,26)18-8-4-3-7-17(18)21/h1-10H,11-14H2/b10-9+. The van der Waals surface area contributed by atoms with Gasteiger partial charge in [0.1, 0.15) is 10.7 Å². The van der Waals surface area contributed by atoms with Gasteiger partial charge < -0.3 is 4.90 Å². The lowest BCUT2D eigenvalue weighted by Crippen LogP contribution is -2.50. The largest absolute Gasteiger partial charge is 0.337 e. The second-order valence-electron chi connectivity index (χ2n) is 6.01. The lowest BCUT2D eigenvalue weighted by Gasteiger charge is -2.33. The molecule has 1 fully saturated rings. The van der Waals surface area contributed by atoms with Crippen LogP contribution in [0, 0.1) is 5.82 Å². The molecular weight excluding hydrogens is 391 g/mol. The molecule has 1 heterocycles. The molecular formula is C19H18ClFN2O3S. The molecule has 0 atom stereocenters. The molecule has 5 nitrogen and oxygen atoms in total. The van der Waals surface area contributed by atoms with Crippen LogP contribution in [0.25, 0.3) is 6.08 Å². The molecule has 0 spiro atoms. The lowest BCUT2D eigenvalue weighted by molar-refractivity contribution is -0.127. The first kappa shape index (κ1) is 19.5. The molecule has 0 radical (unpaired) electrons. The van der Waals surface area contributed by atoms with Crippen LogP contribution in [0.3, 0.4) is 0 Å². The third kappa shape index (κ3) is 4.37. The van der Waals surface area contributed by atoms with Crippen molar-refractivity contribution >= 4 is 33.6 Å². The Labute approximate surface area is 162 Å². The van der Waals surface area contributed by atoms with Crippen molar-refractivity contribution in [2.24, 2.45) is 0 Å². The van der Waals surface area contributed by atoms with E-state index in [-0.39, 0.29) is 37.0 Å². The average Bonchev–Trinajstić information content (AvgIpc) is 2.67. The highest BCUT2D eigenvalue weighted by atomic mass is 35.5. The summed E-state index contributed by atoms with van der Waals surface area (Å²) in [6.07, 6.45) is 3.05. The third-order valence-electron chi connectivity index (χ3n) is 4.32. The van der Waals surface area contributed by atoms with Crippen molar-refractivity contribution in [1.29, 1.82) is 0 Å². The topological polar surface area (TPSA) is 57.7 Å². The van der Waals surface area contributed by atoms with Gasteiger partial charge in [-0.25, -0.2) is 12.8 Å². The van der Waals surface area contributed by atoms with Gasteiger partial charge in [0, 0.05) is 37.3 Å². The summed E-state index contributed by atoms with van der Waals surface area (Å²) in [6.45, 7) is 0.698. The Morgan fingerprint density at radius 3 is 2.30 bits per heavy atom. The average molecular weight is 409 g/mol. The number of benzene rings is 2. The van der Waals surface area contributed by atoms with E-state index in [0.29, 0.717) is 5.02 Å². The molecule has 0 bridgehead atoms. The van der Waals surface area contributed by atoms with Crippen LogP contribution in [0.4, 0.5) is 4.39 Å². The van der Waals surface area contributed by atoms with E-state index < -0.39 is 15.8 Å². The van der Waals surface area contributed by atoms with Gasteiger partial charge >= 0.3 is 0 Å². The Morgan fingerprint density at radius 2 is 1.63 bits per heavy atom. The van der Waals surface area contributed by atoms with E-state index in [9.17, 15) is 17.6 Å². The highest BCUT2D eigenvalue weighted by molar-refractivity contribution is 7.89. The highest BCUT2D eigenvalue weighted by Gasteiger charge is 2.31. The molecule has 0 saturated carbocycles. The molecule has 1 aliphatic heterocycles. The molecule has 1 aliphatic rings. The fraction of sp³-hybridized carbons (Fsp3) is 0.211. The molecule has 8 heteroatoms. The van der Waals surface area contributed by atoms with Gasteiger partial charge in [0.2, 0.25) is 15.9 Å². The zero-order valence-corrected chi connectivity index (χ0v) is 16.0. The van der Waals surface area contributed by atoms with Gasteiger partial charge in [-0.3, -0.25) is 4.79 Å². The van der Waals surface area contributed by atoms with Crippen molar-refractivity contribution in [3.63, 3.8) is 0 Å². The van der Waals surface area contributed by atoms with E-state index in [1.54, 1.807) is 29.2 Å². The number of amides is 1. The predicted octanol–water partition coefficient (Wildman–Crippen LogP) is 3.03. The number of hydrogen-bond acceptors (Lipinski definition) is 3. The molecule has 27 heavy (non-hydrogen) atoms. The van der Waals surface area contributed by atoms with E-state index in [2.05, 4.69) is 0 Å². The van der Waals surface area contributed by atoms with Crippen LogP contribution in [-0.4, -0.2) is 49.7 Å². The molecule has 142 valence electrons. The van der Waals surface area contributed by atoms with Gasteiger partial charge in [0.05, 0.1) is 0 Å². The van der Waals surface area contributed by atoms with Gasteiger partial charge in [-0.15, -0.1) is 0 Å². The van der Waals surface area contributed by atoms with Crippen LogP contribution in [0.1, 0.15) is 5.56 Å². The number of piperazine rings is 1. The maximum absolute atomic E-state index is 13.8. The van der Waals surface area contributed by atoms with Crippen molar-refractivity contribution in [2.75, 3.05) is 26.2 Å². The summed E-state index contributed by atoms with van der Waals surface area (Å²) in [4.78, 5) is 13.5. The maximum atomic E-state index is 13.8. The summed E-state index contributed by atoms with van der Waals surface area (Å²) in [6, 6.07) is 12.4. The predicted molar refractivity (Wildman–Crippen MR) is 102 cm³/mol. The molecule has 0 aliphatic carbocycles. The first-order valence-electron chi connectivity index (χ1n) is 8.36. The number of rotatable bonds is 4. The van der Waals surface area contributed by atoms with E-state index in [0.717, 1.165) is 11.6 Å². The van der Waals surface area contributed by atoms with Crippen molar-refractivity contribution in [3.05, 3.63) is 71.0 Å². The number of nitrogens with zero attached hydrogens (tertiary/aromatic N) is 2. The molecule has 0 unspecified atom stereocenters. The van der Waals surface area contributed by atoms with Crippen molar-refractivity contribution < 1.29 is 17.6 Å². The SMILES string of the molecule is O=C(/C=C/c1ccccc1Cl)N1CCN(S(=O)(=O)c2ccccc2F)CC1. The summed E-state index contributed by atoms with van der Waals surface area (Å²) < 4.78 is 40.2.